The Labute approximate surface area is 146 Å². The number of rotatable bonds is 4. The zero-order valence-electron chi connectivity index (χ0n) is 13.7. The molecular weight excluding hydrogens is 320 g/mol. The van der Waals surface area contributed by atoms with Crippen LogP contribution in [0.25, 0.3) is 10.2 Å². The Morgan fingerprint density at radius 3 is 2.96 bits per heavy atom. The molecule has 4 rings (SSSR count). The standard InChI is InChI=1S/C19H22N2O2S/c22-18(14-7-2-1-3-8-14)21(13-15-9-6-12-23-15)19-20-16-10-4-5-11-17(16)24-19/h1-2,4-5,10-11,14-15H,3,6-9,12-13H2. The monoisotopic (exact) mass is 342 g/mol. The number of fused-ring (bicyclic) bond motifs is 1. The third kappa shape index (κ3) is 3.23. The van der Waals surface area contributed by atoms with Crippen molar-refractivity contribution in [3.63, 3.8) is 0 Å². The van der Waals surface area contributed by atoms with Crippen LogP contribution in [-0.4, -0.2) is 30.1 Å². The average molecular weight is 342 g/mol. The van der Waals surface area contributed by atoms with Gasteiger partial charge in [-0.3, -0.25) is 9.69 Å². The Morgan fingerprint density at radius 1 is 1.29 bits per heavy atom. The predicted octanol–water partition coefficient (Wildman–Crippen LogP) is 4.16. The lowest BCUT2D eigenvalue weighted by Crippen LogP contribution is -2.41. The first kappa shape index (κ1) is 15.8. The van der Waals surface area contributed by atoms with Gasteiger partial charge in [-0.25, -0.2) is 4.98 Å². The summed E-state index contributed by atoms with van der Waals surface area (Å²) in [4.78, 5) is 19.8. The summed E-state index contributed by atoms with van der Waals surface area (Å²) >= 11 is 1.60. The molecule has 1 aliphatic carbocycles. The molecule has 0 spiro atoms. The van der Waals surface area contributed by atoms with Crippen LogP contribution in [0.15, 0.2) is 36.4 Å². The van der Waals surface area contributed by atoms with Crippen molar-refractivity contribution < 1.29 is 9.53 Å². The highest BCUT2D eigenvalue weighted by atomic mass is 32.1. The Balaban J connectivity index is 1.63. The molecule has 1 aliphatic heterocycles. The van der Waals surface area contributed by atoms with Gasteiger partial charge < -0.3 is 4.74 Å². The summed E-state index contributed by atoms with van der Waals surface area (Å²) in [6, 6.07) is 8.08. The van der Waals surface area contributed by atoms with Crippen molar-refractivity contribution in [1.29, 1.82) is 0 Å². The van der Waals surface area contributed by atoms with E-state index in [4.69, 9.17) is 9.72 Å². The SMILES string of the molecule is O=C(C1CC=CCC1)N(CC1CCCO1)c1nc2ccccc2s1. The number of para-hydroxylation sites is 1. The van der Waals surface area contributed by atoms with Crippen LogP contribution in [-0.2, 0) is 9.53 Å². The molecule has 2 aromatic rings. The highest BCUT2D eigenvalue weighted by molar-refractivity contribution is 7.22. The molecule has 1 aromatic carbocycles. The molecular formula is C19H22N2O2S. The van der Waals surface area contributed by atoms with Gasteiger partial charge in [0.2, 0.25) is 5.91 Å². The zero-order valence-corrected chi connectivity index (χ0v) is 14.5. The van der Waals surface area contributed by atoms with Crippen molar-refractivity contribution in [3.05, 3.63) is 36.4 Å². The fraction of sp³-hybridized carbons (Fsp3) is 0.474. The van der Waals surface area contributed by atoms with Crippen molar-refractivity contribution >= 4 is 32.6 Å². The predicted molar refractivity (Wildman–Crippen MR) is 97.4 cm³/mol. The van der Waals surface area contributed by atoms with Crippen LogP contribution >= 0.6 is 11.3 Å². The molecule has 126 valence electrons. The molecule has 2 aliphatic rings. The van der Waals surface area contributed by atoms with Crippen LogP contribution in [0.1, 0.15) is 32.1 Å². The maximum Gasteiger partial charge on any atom is 0.232 e. The Kier molecular flexibility index (Phi) is 4.63. The Hall–Kier alpha value is -1.72. The molecule has 5 heteroatoms. The number of anilines is 1. The smallest absolute Gasteiger partial charge is 0.232 e. The minimum absolute atomic E-state index is 0.0726. The molecule has 1 amide bonds. The number of ether oxygens (including phenoxy) is 1. The fourth-order valence-corrected chi connectivity index (χ4v) is 4.45. The number of aromatic nitrogens is 1. The molecule has 1 aromatic heterocycles. The van der Waals surface area contributed by atoms with Gasteiger partial charge >= 0.3 is 0 Å². The van der Waals surface area contributed by atoms with Gasteiger partial charge in [-0.2, -0.15) is 0 Å². The van der Waals surface area contributed by atoms with E-state index in [1.54, 1.807) is 11.3 Å². The van der Waals surface area contributed by atoms with Gasteiger partial charge in [0.15, 0.2) is 5.13 Å². The molecule has 2 atom stereocenters. The van der Waals surface area contributed by atoms with E-state index >= 15 is 0 Å². The summed E-state index contributed by atoms with van der Waals surface area (Å²) in [6.45, 7) is 1.43. The minimum Gasteiger partial charge on any atom is -0.376 e. The van der Waals surface area contributed by atoms with E-state index in [2.05, 4.69) is 18.2 Å². The number of allylic oxidation sites excluding steroid dienone is 2. The third-order valence-electron chi connectivity index (χ3n) is 4.81. The third-order valence-corrected chi connectivity index (χ3v) is 5.87. The molecule has 2 unspecified atom stereocenters. The topological polar surface area (TPSA) is 42.4 Å². The van der Waals surface area contributed by atoms with Gasteiger partial charge in [0.25, 0.3) is 0 Å². The van der Waals surface area contributed by atoms with Crippen LogP contribution in [0.5, 0.6) is 0 Å². The van der Waals surface area contributed by atoms with Crippen LogP contribution < -0.4 is 4.90 Å². The summed E-state index contributed by atoms with van der Waals surface area (Å²) in [5, 5.41) is 0.811. The second kappa shape index (κ2) is 7.03. The maximum atomic E-state index is 13.2. The van der Waals surface area contributed by atoms with Gasteiger partial charge in [0.05, 0.1) is 22.9 Å². The van der Waals surface area contributed by atoms with E-state index in [1.807, 2.05) is 23.1 Å². The van der Waals surface area contributed by atoms with Crippen LogP contribution in [0.4, 0.5) is 5.13 Å². The van der Waals surface area contributed by atoms with Crippen molar-refractivity contribution in [3.8, 4) is 0 Å². The quantitative estimate of drug-likeness (QED) is 0.783. The van der Waals surface area contributed by atoms with E-state index in [1.165, 1.54) is 0 Å². The number of hydrogen-bond donors (Lipinski definition) is 0. The lowest BCUT2D eigenvalue weighted by molar-refractivity contribution is -0.123. The van der Waals surface area contributed by atoms with E-state index in [0.29, 0.717) is 6.54 Å². The average Bonchev–Trinajstić information content (AvgIpc) is 3.29. The largest absolute Gasteiger partial charge is 0.376 e. The summed E-state index contributed by atoms with van der Waals surface area (Å²) in [5.41, 5.74) is 0.964. The van der Waals surface area contributed by atoms with Gasteiger partial charge in [0.1, 0.15) is 0 Å². The Morgan fingerprint density at radius 2 is 2.21 bits per heavy atom. The highest BCUT2D eigenvalue weighted by Crippen LogP contribution is 2.32. The lowest BCUT2D eigenvalue weighted by atomic mass is 9.93. The number of amides is 1. The van der Waals surface area contributed by atoms with Crippen LogP contribution in [0.2, 0.25) is 0 Å². The van der Waals surface area contributed by atoms with Crippen LogP contribution in [0.3, 0.4) is 0 Å². The second-order valence-corrected chi connectivity index (χ2v) is 7.54. The Bertz CT molecular complexity index is 716. The van der Waals surface area contributed by atoms with Crippen molar-refractivity contribution in [2.75, 3.05) is 18.1 Å². The first-order chi connectivity index (χ1) is 11.8. The first-order valence-corrected chi connectivity index (χ1v) is 9.56. The molecule has 1 saturated heterocycles. The zero-order chi connectivity index (χ0) is 16.4. The molecule has 4 nitrogen and oxygen atoms in total. The number of nitrogens with zero attached hydrogens (tertiary/aromatic N) is 2. The first-order valence-electron chi connectivity index (χ1n) is 8.75. The number of hydrogen-bond acceptors (Lipinski definition) is 4. The number of carbonyl (C=O) groups is 1. The lowest BCUT2D eigenvalue weighted by Gasteiger charge is -2.27. The highest BCUT2D eigenvalue weighted by Gasteiger charge is 2.30. The second-order valence-electron chi connectivity index (χ2n) is 6.53. The van der Waals surface area contributed by atoms with Gasteiger partial charge in [-0.15, -0.1) is 0 Å². The van der Waals surface area contributed by atoms with E-state index < -0.39 is 0 Å². The summed E-state index contributed by atoms with van der Waals surface area (Å²) in [6.07, 6.45) is 9.32. The summed E-state index contributed by atoms with van der Waals surface area (Å²) < 4.78 is 6.91. The van der Waals surface area contributed by atoms with Gasteiger partial charge in [-0.1, -0.05) is 35.6 Å². The van der Waals surface area contributed by atoms with Crippen molar-refractivity contribution in [1.82, 2.24) is 4.98 Å². The van der Waals surface area contributed by atoms with Crippen molar-refractivity contribution in [2.45, 2.75) is 38.2 Å². The van der Waals surface area contributed by atoms with Crippen LogP contribution in [0, 0.1) is 5.92 Å². The number of benzene rings is 1. The minimum atomic E-state index is 0.0726. The molecule has 24 heavy (non-hydrogen) atoms. The molecule has 0 radical (unpaired) electrons. The molecule has 2 heterocycles. The van der Waals surface area contributed by atoms with Gasteiger partial charge in [0, 0.05) is 12.5 Å². The van der Waals surface area contributed by atoms with Crippen molar-refractivity contribution in [2.24, 2.45) is 5.92 Å². The normalized spacial score (nSPS) is 23.7. The molecule has 0 bridgehead atoms. The molecule has 1 fully saturated rings. The number of thiazole rings is 1. The summed E-state index contributed by atoms with van der Waals surface area (Å²) in [5.74, 6) is 0.275. The molecule has 0 saturated carbocycles. The van der Waals surface area contributed by atoms with E-state index in [9.17, 15) is 4.79 Å². The van der Waals surface area contributed by atoms with Gasteiger partial charge in [-0.05, 0) is 44.2 Å². The van der Waals surface area contributed by atoms with E-state index in [-0.39, 0.29) is 17.9 Å². The molecule has 0 N–H and O–H groups in total. The fourth-order valence-electron chi connectivity index (χ4n) is 3.47. The number of carbonyl (C=O) groups excluding carboxylic acids is 1. The maximum absolute atomic E-state index is 13.2. The van der Waals surface area contributed by atoms with E-state index in [0.717, 1.165) is 54.1 Å². The summed E-state index contributed by atoms with van der Waals surface area (Å²) in [7, 11) is 0.